The Morgan fingerprint density at radius 2 is 0.571 bits per heavy atom. The van der Waals surface area contributed by atoms with Crippen molar-refractivity contribution in [2.45, 2.75) is 353 Å². The molecule has 0 aliphatic carbocycles. The van der Waals surface area contributed by atoms with Crippen LogP contribution >= 0.6 is 0 Å². The number of aliphatic hydroxyl groups is 2. The summed E-state index contributed by atoms with van der Waals surface area (Å²) in [5.74, 6) is -0.0612. The second kappa shape index (κ2) is 67.6. The molecule has 0 radical (unpaired) electrons. The van der Waals surface area contributed by atoms with Gasteiger partial charge < -0.3 is 15.5 Å². The smallest absolute Gasteiger partial charge is 0.220 e. The van der Waals surface area contributed by atoms with E-state index in [9.17, 15) is 15.0 Å². The van der Waals surface area contributed by atoms with Gasteiger partial charge in [-0.25, -0.2) is 0 Å². The molecule has 77 heavy (non-hydrogen) atoms. The molecular formula is C73H131NO3. The van der Waals surface area contributed by atoms with E-state index in [4.69, 9.17) is 0 Å². The van der Waals surface area contributed by atoms with E-state index >= 15 is 0 Å². The van der Waals surface area contributed by atoms with Gasteiger partial charge in [0.15, 0.2) is 0 Å². The first-order valence-electron chi connectivity index (χ1n) is 34.0. The van der Waals surface area contributed by atoms with Gasteiger partial charge in [0.25, 0.3) is 0 Å². The quantitative estimate of drug-likeness (QED) is 0.0420. The van der Waals surface area contributed by atoms with Crippen LogP contribution in [-0.2, 0) is 4.79 Å². The second-order valence-electron chi connectivity index (χ2n) is 22.9. The molecule has 2 unspecified atom stereocenters. The highest BCUT2D eigenvalue weighted by molar-refractivity contribution is 5.76. The summed E-state index contributed by atoms with van der Waals surface area (Å²) in [6.45, 7) is 4.22. The first-order valence-corrected chi connectivity index (χ1v) is 34.0. The average molecular weight is 1070 g/mol. The van der Waals surface area contributed by atoms with Gasteiger partial charge in [-0.2, -0.15) is 0 Å². The molecule has 0 rings (SSSR count). The van der Waals surface area contributed by atoms with Crippen molar-refractivity contribution < 1.29 is 15.0 Å². The zero-order chi connectivity index (χ0) is 55.5. The molecule has 4 heteroatoms. The van der Waals surface area contributed by atoms with Gasteiger partial charge in [0, 0.05) is 6.42 Å². The Hall–Kier alpha value is -2.69. The van der Waals surface area contributed by atoms with E-state index in [1.165, 1.54) is 250 Å². The third-order valence-corrected chi connectivity index (χ3v) is 15.3. The number of hydrogen-bond acceptors (Lipinski definition) is 3. The van der Waals surface area contributed by atoms with Crippen molar-refractivity contribution >= 4 is 5.91 Å². The van der Waals surface area contributed by atoms with Crippen LogP contribution in [0.1, 0.15) is 341 Å². The lowest BCUT2D eigenvalue weighted by Gasteiger charge is -2.20. The maximum Gasteiger partial charge on any atom is 0.220 e. The minimum Gasteiger partial charge on any atom is -0.394 e. The number of amides is 1. The van der Waals surface area contributed by atoms with Gasteiger partial charge in [0.2, 0.25) is 5.91 Å². The fourth-order valence-corrected chi connectivity index (χ4v) is 10.2. The Bertz CT molecular complexity index is 1400. The Labute approximate surface area is 481 Å². The van der Waals surface area contributed by atoms with E-state index in [1.54, 1.807) is 6.08 Å². The first kappa shape index (κ1) is 74.3. The number of rotatable bonds is 62. The minimum absolute atomic E-state index is 0.0612. The Morgan fingerprint density at radius 1 is 0.325 bits per heavy atom. The van der Waals surface area contributed by atoms with Gasteiger partial charge in [-0.15, -0.1) is 0 Å². The lowest BCUT2D eigenvalue weighted by Crippen LogP contribution is -2.45. The van der Waals surface area contributed by atoms with E-state index < -0.39 is 12.1 Å². The molecule has 4 nitrogen and oxygen atoms in total. The standard InChI is InChI=1S/C73H131NO3/c1-3-5-7-9-11-13-15-17-19-21-23-25-27-29-31-32-33-34-35-36-37-38-39-40-41-42-43-45-47-49-51-53-55-57-59-61-63-65-67-69-73(77)74-71(70-75)72(76)68-66-64-62-60-58-56-54-52-50-48-46-44-30-28-26-24-22-20-18-16-14-12-10-8-6-4-2/h5,7,11,13,17,19,23,25,29,31,33-34,36-37,66,68,71-72,75-76H,3-4,6,8-10,12,14-16,18,20-22,24,26-28,30,32,35,38-65,67,69-70H2,1-2H3,(H,74,77)/b7-5-,13-11-,19-17-,25-23-,31-29-,34-33-,37-36-,68-66+. The summed E-state index contributed by atoms with van der Waals surface area (Å²) >= 11 is 0. The summed E-state index contributed by atoms with van der Waals surface area (Å²) in [5.41, 5.74) is 0. The summed E-state index contributed by atoms with van der Waals surface area (Å²) in [7, 11) is 0. The van der Waals surface area contributed by atoms with Crippen LogP contribution in [0.2, 0.25) is 0 Å². The van der Waals surface area contributed by atoms with Gasteiger partial charge >= 0.3 is 0 Å². The van der Waals surface area contributed by atoms with Crippen LogP contribution in [0.25, 0.3) is 0 Å². The molecule has 0 saturated heterocycles. The number of allylic oxidation sites excluding steroid dienone is 15. The van der Waals surface area contributed by atoms with Gasteiger partial charge in [-0.1, -0.05) is 355 Å². The number of carbonyl (C=O) groups excluding carboxylic acids is 1. The van der Waals surface area contributed by atoms with Gasteiger partial charge in [-0.3, -0.25) is 4.79 Å². The fraction of sp³-hybridized carbons (Fsp3) is 0.767. The van der Waals surface area contributed by atoms with Gasteiger partial charge in [-0.05, 0) is 77.0 Å². The van der Waals surface area contributed by atoms with Crippen molar-refractivity contribution in [2.24, 2.45) is 0 Å². The zero-order valence-electron chi connectivity index (χ0n) is 51.5. The highest BCUT2D eigenvalue weighted by Gasteiger charge is 2.18. The third kappa shape index (κ3) is 64.0. The van der Waals surface area contributed by atoms with Crippen LogP contribution in [-0.4, -0.2) is 34.9 Å². The number of hydrogen-bond donors (Lipinski definition) is 3. The molecule has 0 spiro atoms. The van der Waals surface area contributed by atoms with Crippen molar-refractivity contribution in [3.05, 3.63) is 97.2 Å². The van der Waals surface area contributed by atoms with Gasteiger partial charge in [0.05, 0.1) is 18.8 Å². The summed E-state index contributed by atoms with van der Waals surface area (Å²) in [5, 5.41) is 23.3. The van der Waals surface area contributed by atoms with Crippen LogP contribution < -0.4 is 5.32 Å². The lowest BCUT2D eigenvalue weighted by atomic mass is 10.0. The molecule has 446 valence electrons. The van der Waals surface area contributed by atoms with E-state index in [2.05, 4.69) is 104 Å². The molecule has 0 fully saturated rings. The third-order valence-electron chi connectivity index (χ3n) is 15.3. The molecule has 0 aromatic heterocycles. The number of unbranched alkanes of at least 4 members (excludes halogenated alkanes) is 41. The van der Waals surface area contributed by atoms with Crippen molar-refractivity contribution in [1.82, 2.24) is 5.32 Å². The summed E-state index contributed by atoms with van der Waals surface area (Å²) < 4.78 is 0. The molecular weight excluding hydrogens is 939 g/mol. The molecule has 0 bridgehead atoms. The average Bonchev–Trinajstić information content (AvgIpc) is 3.43. The molecule has 1 amide bonds. The molecule has 3 N–H and O–H groups in total. The van der Waals surface area contributed by atoms with Crippen molar-refractivity contribution in [1.29, 1.82) is 0 Å². The maximum atomic E-state index is 12.5. The van der Waals surface area contributed by atoms with Crippen LogP contribution in [0.5, 0.6) is 0 Å². The molecule has 0 aliphatic heterocycles. The zero-order valence-corrected chi connectivity index (χ0v) is 51.5. The SMILES string of the molecule is CC/C=C\C/C=C\C/C=C\C/C=C\C/C=C\C/C=C\C/C=C\CCCCCCCCCCCCCCCCCCCC(=O)NC(CO)C(O)/C=C/CCCCCCCCCCCCCCCCCCCCCCCCCC. The Morgan fingerprint density at radius 3 is 0.857 bits per heavy atom. The molecule has 0 aliphatic rings. The molecule has 0 aromatic carbocycles. The lowest BCUT2D eigenvalue weighted by molar-refractivity contribution is -0.123. The van der Waals surface area contributed by atoms with E-state index in [-0.39, 0.29) is 12.5 Å². The van der Waals surface area contributed by atoms with Crippen LogP contribution in [0.4, 0.5) is 0 Å². The van der Waals surface area contributed by atoms with Crippen LogP contribution in [0, 0.1) is 0 Å². The van der Waals surface area contributed by atoms with Gasteiger partial charge in [0.1, 0.15) is 0 Å². The van der Waals surface area contributed by atoms with Crippen molar-refractivity contribution in [2.75, 3.05) is 6.61 Å². The topological polar surface area (TPSA) is 69.6 Å². The van der Waals surface area contributed by atoms with Crippen molar-refractivity contribution in [3.8, 4) is 0 Å². The molecule has 0 heterocycles. The largest absolute Gasteiger partial charge is 0.394 e. The number of nitrogens with one attached hydrogen (secondary N) is 1. The van der Waals surface area contributed by atoms with Crippen molar-refractivity contribution in [3.63, 3.8) is 0 Å². The highest BCUT2D eigenvalue weighted by atomic mass is 16.3. The molecule has 2 atom stereocenters. The Kier molecular flexibility index (Phi) is 65.2. The number of aliphatic hydroxyl groups excluding tert-OH is 2. The monoisotopic (exact) mass is 1070 g/mol. The van der Waals surface area contributed by atoms with E-state index in [0.717, 1.165) is 70.6 Å². The summed E-state index contributed by atoms with van der Waals surface area (Å²) in [6.07, 6.45) is 100. The van der Waals surface area contributed by atoms with Crippen LogP contribution in [0.15, 0.2) is 97.2 Å². The number of carbonyl (C=O) groups is 1. The predicted octanol–water partition coefficient (Wildman–Crippen LogP) is 23.2. The molecule has 0 saturated carbocycles. The second-order valence-corrected chi connectivity index (χ2v) is 22.9. The molecule has 0 aromatic rings. The predicted molar refractivity (Wildman–Crippen MR) is 345 cm³/mol. The first-order chi connectivity index (χ1) is 38.2. The fourth-order valence-electron chi connectivity index (χ4n) is 10.2. The highest BCUT2D eigenvalue weighted by Crippen LogP contribution is 2.18. The minimum atomic E-state index is -0.844. The Balaban J connectivity index is 3.48. The van der Waals surface area contributed by atoms with E-state index in [0.29, 0.717) is 6.42 Å². The maximum absolute atomic E-state index is 12.5. The van der Waals surface area contributed by atoms with E-state index in [1.807, 2.05) is 6.08 Å². The van der Waals surface area contributed by atoms with Crippen LogP contribution in [0.3, 0.4) is 0 Å². The summed E-state index contributed by atoms with van der Waals surface area (Å²) in [6, 6.07) is -0.627. The summed E-state index contributed by atoms with van der Waals surface area (Å²) in [4.78, 5) is 12.5. The normalized spacial score (nSPS) is 13.4.